The van der Waals surface area contributed by atoms with Crippen molar-refractivity contribution in [2.45, 2.75) is 51.3 Å². The van der Waals surface area contributed by atoms with Crippen LogP contribution in [0, 0.1) is 5.82 Å². The number of halogens is 1. The maximum atomic E-state index is 14.1. The molecular weight excluding hydrogens is 481 g/mol. The Morgan fingerprint density at radius 1 is 1.21 bits per heavy atom. The average Bonchev–Trinajstić information content (AvgIpc) is 3.25. The largest absolute Gasteiger partial charge is 0.488 e. The number of sulfonamides is 1. The minimum atomic E-state index is -3.26. The number of benzene rings is 1. The van der Waals surface area contributed by atoms with E-state index in [-0.39, 0.29) is 12.1 Å². The SMILES string of the molecule is COC(=O)N1Cc2sccc2C(Nc2ccc(F)cc2OC2CCC(NS(C)(=O)=O)CC2)=C1C. The lowest BCUT2D eigenvalue weighted by atomic mass is 9.93. The number of nitrogens with one attached hydrogen (secondary N) is 2. The maximum absolute atomic E-state index is 14.1. The predicted molar refractivity (Wildman–Crippen MR) is 130 cm³/mol. The summed E-state index contributed by atoms with van der Waals surface area (Å²) >= 11 is 1.55. The summed E-state index contributed by atoms with van der Waals surface area (Å²) in [5.41, 5.74) is 2.98. The first-order chi connectivity index (χ1) is 16.1. The molecule has 34 heavy (non-hydrogen) atoms. The van der Waals surface area contributed by atoms with Gasteiger partial charge in [-0.1, -0.05) is 0 Å². The van der Waals surface area contributed by atoms with Crippen LogP contribution in [0.25, 0.3) is 5.70 Å². The van der Waals surface area contributed by atoms with Crippen LogP contribution in [0.3, 0.4) is 0 Å². The van der Waals surface area contributed by atoms with Crippen LogP contribution in [-0.2, 0) is 21.3 Å². The van der Waals surface area contributed by atoms with Crippen molar-refractivity contribution < 1.29 is 27.1 Å². The standard InChI is InChI=1S/C23H28FN3O5S2/c1-14-22(18-10-11-33-21(18)13-27(14)23(28)31-2)25-19-9-4-15(24)12-20(19)32-17-7-5-16(6-8-17)26-34(3,29)30/h4,9-12,16-17,25-26H,5-8,13H2,1-3H3. The molecule has 11 heteroatoms. The maximum Gasteiger partial charge on any atom is 0.414 e. The Morgan fingerprint density at radius 3 is 2.62 bits per heavy atom. The molecule has 8 nitrogen and oxygen atoms in total. The lowest BCUT2D eigenvalue weighted by Crippen LogP contribution is -2.39. The number of amides is 1. The molecule has 1 aliphatic carbocycles. The number of methoxy groups -OCH3 is 1. The fourth-order valence-electron chi connectivity index (χ4n) is 4.36. The van der Waals surface area contributed by atoms with Gasteiger partial charge in [0.15, 0.2) is 0 Å². The van der Waals surface area contributed by atoms with Crippen LogP contribution in [0.2, 0.25) is 0 Å². The average molecular weight is 510 g/mol. The van der Waals surface area contributed by atoms with E-state index >= 15 is 0 Å². The Balaban J connectivity index is 1.55. The van der Waals surface area contributed by atoms with E-state index in [0.29, 0.717) is 49.4 Å². The number of allylic oxidation sites excluding steroid dienone is 1. The molecular formula is C23H28FN3O5S2. The number of hydrogen-bond acceptors (Lipinski definition) is 7. The van der Waals surface area contributed by atoms with E-state index in [1.165, 1.54) is 19.2 Å². The number of fused-ring (bicyclic) bond motifs is 1. The molecule has 2 aromatic rings. The first-order valence-electron chi connectivity index (χ1n) is 11.0. The van der Waals surface area contributed by atoms with Crippen molar-refractivity contribution in [2.24, 2.45) is 0 Å². The van der Waals surface area contributed by atoms with Gasteiger partial charge in [0, 0.05) is 28.2 Å². The van der Waals surface area contributed by atoms with Crippen molar-refractivity contribution >= 4 is 38.8 Å². The van der Waals surface area contributed by atoms with Crippen molar-refractivity contribution in [2.75, 3.05) is 18.7 Å². The van der Waals surface area contributed by atoms with Crippen LogP contribution < -0.4 is 14.8 Å². The lowest BCUT2D eigenvalue weighted by Gasteiger charge is -2.31. The quantitative estimate of drug-likeness (QED) is 0.595. The highest BCUT2D eigenvalue weighted by atomic mass is 32.2. The smallest absolute Gasteiger partial charge is 0.414 e. The Bertz CT molecular complexity index is 1200. The number of carbonyl (C=O) groups excluding carboxylic acids is 1. The van der Waals surface area contributed by atoms with Crippen LogP contribution in [0.15, 0.2) is 35.3 Å². The monoisotopic (exact) mass is 509 g/mol. The molecule has 1 aromatic heterocycles. The van der Waals surface area contributed by atoms with Gasteiger partial charge in [0.1, 0.15) is 11.6 Å². The number of ether oxygens (including phenoxy) is 2. The van der Waals surface area contributed by atoms with Gasteiger partial charge in [0.05, 0.1) is 37.4 Å². The summed E-state index contributed by atoms with van der Waals surface area (Å²) in [6, 6.07) is 6.18. The third-order valence-electron chi connectivity index (χ3n) is 6.03. The Kier molecular flexibility index (Phi) is 7.15. The normalized spacial score (nSPS) is 20.6. The fourth-order valence-corrected chi connectivity index (χ4v) is 6.07. The predicted octanol–water partition coefficient (Wildman–Crippen LogP) is 4.51. The van der Waals surface area contributed by atoms with Crippen LogP contribution in [0.1, 0.15) is 43.0 Å². The molecule has 0 spiro atoms. The number of carbonyl (C=O) groups is 1. The molecule has 0 unspecified atom stereocenters. The molecule has 1 fully saturated rings. The van der Waals surface area contributed by atoms with Gasteiger partial charge in [-0.2, -0.15) is 0 Å². The number of thiophene rings is 1. The minimum Gasteiger partial charge on any atom is -0.488 e. The zero-order chi connectivity index (χ0) is 24.5. The first kappa shape index (κ1) is 24.5. The van der Waals surface area contributed by atoms with Gasteiger partial charge in [-0.05, 0) is 56.2 Å². The van der Waals surface area contributed by atoms with Crippen molar-refractivity contribution in [1.82, 2.24) is 9.62 Å². The highest BCUT2D eigenvalue weighted by Gasteiger charge is 2.29. The zero-order valence-corrected chi connectivity index (χ0v) is 20.9. The number of rotatable bonds is 6. The van der Waals surface area contributed by atoms with E-state index in [1.807, 2.05) is 18.4 Å². The van der Waals surface area contributed by atoms with Gasteiger partial charge in [0.2, 0.25) is 10.0 Å². The molecule has 0 bridgehead atoms. The summed E-state index contributed by atoms with van der Waals surface area (Å²) in [6.45, 7) is 2.26. The molecule has 2 N–H and O–H groups in total. The summed E-state index contributed by atoms with van der Waals surface area (Å²) in [5, 5.41) is 5.32. The van der Waals surface area contributed by atoms with E-state index in [4.69, 9.17) is 9.47 Å². The van der Waals surface area contributed by atoms with Crippen LogP contribution >= 0.6 is 11.3 Å². The molecule has 0 radical (unpaired) electrons. The van der Waals surface area contributed by atoms with E-state index < -0.39 is 21.9 Å². The first-order valence-corrected chi connectivity index (χ1v) is 13.8. The second kappa shape index (κ2) is 9.93. The Morgan fingerprint density at radius 2 is 1.94 bits per heavy atom. The Hall–Kier alpha value is -2.63. The van der Waals surface area contributed by atoms with Crippen molar-refractivity contribution in [3.05, 3.63) is 51.6 Å². The third kappa shape index (κ3) is 5.53. The molecule has 0 saturated heterocycles. The molecule has 1 saturated carbocycles. The fraction of sp³-hybridized carbons (Fsp3) is 0.435. The minimum absolute atomic E-state index is 0.115. The zero-order valence-electron chi connectivity index (χ0n) is 19.3. The molecule has 0 atom stereocenters. The molecule has 2 aliphatic rings. The topological polar surface area (TPSA) is 97.0 Å². The molecule has 4 rings (SSSR count). The number of nitrogens with zero attached hydrogens (tertiary/aromatic N) is 1. The lowest BCUT2D eigenvalue weighted by molar-refractivity contribution is 0.133. The number of hydrogen-bond donors (Lipinski definition) is 2. The van der Waals surface area contributed by atoms with Crippen molar-refractivity contribution in [1.29, 1.82) is 0 Å². The summed E-state index contributed by atoms with van der Waals surface area (Å²) in [5.74, 6) is -0.0541. The van der Waals surface area contributed by atoms with Gasteiger partial charge in [0.25, 0.3) is 0 Å². The van der Waals surface area contributed by atoms with E-state index in [1.54, 1.807) is 22.3 Å². The van der Waals surface area contributed by atoms with E-state index in [9.17, 15) is 17.6 Å². The summed E-state index contributed by atoms with van der Waals surface area (Å²) < 4.78 is 50.9. The van der Waals surface area contributed by atoms with Crippen molar-refractivity contribution in [3.63, 3.8) is 0 Å². The van der Waals surface area contributed by atoms with Gasteiger partial charge in [-0.15, -0.1) is 11.3 Å². The van der Waals surface area contributed by atoms with E-state index in [2.05, 4.69) is 10.0 Å². The van der Waals surface area contributed by atoms with Crippen LogP contribution in [-0.4, -0.2) is 44.9 Å². The van der Waals surface area contributed by atoms with Gasteiger partial charge in [-0.3, -0.25) is 4.90 Å². The third-order valence-corrected chi connectivity index (χ3v) is 7.70. The van der Waals surface area contributed by atoms with Gasteiger partial charge >= 0.3 is 6.09 Å². The summed E-state index contributed by atoms with van der Waals surface area (Å²) in [7, 11) is -1.91. The second-order valence-corrected chi connectivity index (χ2v) is 11.3. The molecule has 184 valence electrons. The van der Waals surface area contributed by atoms with E-state index in [0.717, 1.165) is 22.4 Å². The highest BCUT2D eigenvalue weighted by molar-refractivity contribution is 7.88. The summed E-state index contributed by atoms with van der Waals surface area (Å²) in [4.78, 5) is 14.9. The highest BCUT2D eigenvalue weighted by Crippen LogP contribution is 2.38. The molecule has 2 heterocycles. The van der Waals surface area contributed by atoms with Gasteiger partial charge < -0.3 is 14.8 Å². The second-order valence-electron chi connectivity index (χ2n) is 8.52. The summed E-state index contributed by atoms with van der Waals surface area (Å²) in [6.07, 6.45) is 3.13. The van der Waals surface area contributed by atoms with Crippen LogP contribution in [0.4, 0.5) is 14.9 Å². The van der Waals surface area contributed by atoms with Crippen LogP contribution in [0.5, 0.6) is 5.75 Å². The molecule has 1 amide bonds. The van der Waals surface area contributed by atoms with Crippen molar-refractivity contribution in [3.8, 4) is 5.75 Å². The molecule has 1 aromatic carbocycles. The molecule has 1 aliphatic heterocycles. The number of anilines is 1. The van der Waals surface area contributed by atoms with Gasteiger partial charge in [-0.25, -0.2) is 22.3 Å². The Labute approximate surface area is 202 Å².